The van der Waals surface area contributed by atoms with Crippen molar-refractivity contribution in [2.75, 3.05) is 44.2 Å². The summed E-state index contributed by atoms with van der Waals surface area (Å²) >= 11 is 6.18. The minimum absolute atomic E-state index is 0.251. The molecule has 33 heavy (non-hydrogen) atoms. The van der Waals surface area contributed by atoms with Gasteiger partial charge in [-0.25, -0.2) is 9.59 Å². The van der Waals surface area contributed by atoms with Crippen LogP contribution in [-0.4, -0.2) is 56.2 Å². The Bertz CT molecular complexity index is 1060. The van der Waals surface area contributed by atoms with Crippen LogP contribution in [0.4, 0.5) is 10.5 Å². The molecule has 1 saturated heterocycles. The van der Waals surface area contributed by atoms with Crippen molar-refractivity contribution in [2.45, 2.75) is 19.9 Å². The Balaban J connectivity index is 1.56. The lowest BCUT2D eigenvalue weighted by Gasteiger charge is -2.38. The quantitative estimate of drug-likeness (QED) is 0.633. The number of urea groups is 1. The summed E-state index contributed by atoms with van der Waals surface area (Å²) in [6, 6.07) is 14.7. The highest BCUT2D eigenvalue weighted by molar-refractivity contribution is 6.30. The molecule has 2 heterocycles. The van der Waals surface area contributed by atoms with E-state index in [1.165, 1.54) is 11.3 Å². The lowest BCUT2D eigenvalue weighted by atomic mass is 9.95. The van der Waals surface area contributed by atoms with Gasteiger partial charge in [0.1, 0.15) is 0 Å². The number of anilines is 1. The Morgan fingerprint density at radius 1 is 1.12 bits per heavy atom. The minimum Gasteiger partial charge on any atom is -0.463 e. The van der Waals surface area contributed by atoms with E-state index >= 15 is 0 Å². The maximum Gasteiger partial charge on any atom is 0.338 e. The highest BCUT2D eigenvalue weighted by atomic mass is 35.5. The molecule has 2 amide bonds. The Hall–Kier alpha value is -3.03. The van der Waals surface area contributed by atoms with Crippen molar-refractivity contribution in [3.63, 3.8) is 0 Å². The largest absolute Gasteiger partial charge is 0.463 e. The first-order valence-corrected chi connectivity index (χ1v) is 11.6. The monoisotopic (exact) mass is 468 g/mol. The predicted octanol–water partition coefficient (Wildman–Crippen LogP) is 3.64. The normalized spacial score (nSPS) is 19.2. The van der Waals surface area contributed by atoms with E-state index in [0.29, 0.717) is 22.8 Å². The molecule has 2 N–H and O–H groups in total. The van der Waals surface area contributed by atoms with E-state index in [1.54, 1.807) is 25.1 Å². The van der Waals surface area contributed by atoms with E-state index in [-0.39, 0.29) is 12.6 Å². The van der Waals surface area contributed by atoms with Crippen molar-refractivity contribution in [3.05, 3.63) is 76.0 Å². The summed E-state index contributed by atoms with van der Waals surface area (Å²) in [5.41, 5.74) is 4.19. The molecule has 4 rings (SSSR count). The third-order valence-electron chi connectivity index (χ3n) is 5.95. The zero-order chi connectivity index (χ0) is 23.4. The maximum atomic E-state index is 13.0. The van der Waals surface area contributed by atoms with Gasteiger partial charge in [-0.05, 0) is 49.2 Å². The van der Waals surface area contributed by atoms with Crippen LogP contribution >= 0.6 is 11.6 Å². The second-order valence-electron chi connectivity index (χ2n) is 8.30. The zero-order valence-electron chi connectivity index (χ0n) is 18.9. The van der Waals surface area contributed by atoms with Crippen LogP contribution in [0.1, 0.15) is 24.1 Å². The van der Waals surface area contributed by atoms with Gasteiger partial charge in [-0.2, -0.15) is 0 Å². The Morgan fingerprint density at radius 3 is 2.58 bits per heavy atom. The van der Waals surface area contributed by atoms with Crippen LogP contribution in [0.3, 0.4) is 0 Å². The van der Waals surface area contributed by atoms with Crippen LogP contribution in [0.25, 0.3) is 0 Å². The van der Waals surface area contributed by atoms with Gasteiger partial charge >= 0.3 is 12.0 Å². The van der Waals surface area contributed by atoms with Gasteiger partial charge in [0.2, 0.25) is 0 Å². The Morgan fingerprint density at radius 2 is 1.88 bits per heavy atom. The molecule has 8 heteroatoms. The molecule has 174 valence electrons. The molecule has 0 aromatic heterocycles. The molecular formula is C25H29ClN4O3. The van der Waals surface area contributed by atoms with Crippen molar-refractivity contribution < 1.29 is 14.3 Å². The van der Waals surface area contributed by atoms with Gasteiger partial charge in [0.05, 0.1) is 18.2 Å². The molecule has 7 nitrogen and oxygen atoms in total. The Kier molecular flexibility index (Phi) is 7.20. The van der Waals surface area contributed by atoms with Gasteiger partial charge in [0.15, 0.2) is 0 Å². The van der Waals surface area contributed by atoms with E-state index in [4.69, 9.17) is 16.3 Å². The van der Waals surface area contributed by atoms with E-state index < -0.39 is 12.0 Å². The summed E-state index contributed by atoms with van der Waals surface area (Å²) in [5, 5.41) is 6.25. The number of esters is 1. The number of amides is 2. The molecule has 2 aromatic rings. The number of ether oxygens (including phenoxy) is 1. The van der Waals surface area contributed by atoms with E-state index in [2.05, 4.69) is 51.6 Å². The van der Waals surface area contributed by atoms with Crippen LogP contribution in [0.2, 0.25) is 5.02 Å². The number of rotatable bonds is 6. The second-order valence-corrected chi connectivity index (χ2v) is 8.74. The molecule has 1 atom stereocenters. The lowest BCUT2D eigenvalue weighted by molar-refractivity contribution is -0.139. The first-order chi connectivity index (χ1) is 15.9. The predicted molar refractivity (Wildman–Crippen MR) is 129 cm³/mol. The Labute approximate surface area is 199 Å². The molecule has 0 aliphatic carbocycles. The van der Waals surface area contributed by atoms with Crippen LogP contribution in [-0.2, 0) is 9.53 Å². The summed E-state index contributed by atoms with van der Waals surface area (Å²) in [6.45, 7) is 7.95. The summed E-state index contributed by atoms with van der Waals surface area (Å²) in [7, 11) is 0. The number of hydrogen-bond donors (Lipinski definition) is 2. The first kappa shape index (κ1) is 23.1. The molecule has 0 spiro atoms. The summed E-state index contributed by atoms with van der Waals surface area (Å²) in [4.78, 5) is 30.1. The number of nitrogens with one attached hydrogen (secondary N) is 2. The van der Waals surface area contributed by atoms with Crippen LogP contribution in [0.5, 0.6) is 0 Å². The van der Waals surface area contributed by atoms with Crippen molar-refractivity contribution in [1.29, 1.82) is 0 Å². The molecule has 1 fully saturated rings. The third kappa shape index (κ3) is 5.49. The summed E-state index contributed by atoms with van der Waals surface area (Å²) in [6.07, 6.45) is 0. The van der Waals surface area contributed by atoms with Crippen LogP contribution in [0.15, 0.2) is 59.8 Å². The minimum atomic E-state index is -0.625. The number of aryl methyl sites for hydroxylation is 1. The molecule has 0 radical (unpaired) electrons. The van der Waals surface area contributed by atoms with Crippen LogP contribution in [0, 0.1) is 6.92 Å². The number of nitrogens with zero attached hydrogens (tertiary/aromatic N) is 2. The van der Waals surface area contributed by atoms with Crippen molar-refractivity contribution >= 4 is 29.3 Å². The van der Waals surface area contributed by atoms with E-state index in [1.807, 2.05) is 6.07 Å². The molecule has 2 aliphatic heterocycles. The van der Waals surface area contributed by atoms with Crippen LogP contribution < -0.4 is 15.5 Å². The number of halogens is 1. The van der Waals surface area contributed by atoms with Gasteiger partial charge in [-0.1, -0.05) is 35.9 Å². The molecule has 2 aromatic carbocycles. The van der Waals surface area contributed by atoms with Gasteiger partial charge in [0, 0.05) is 49.1 Å². The fourth-order valence-electron chi connectivity index (χ4n) is 4.34. The standard InChI is InChI=1S/C25H29ClN4O3/c1-3-33-24(31)22-21(27-25(32)28-23(22)18-7-5-8-19(26)15-18)16-29-10-12-30(13-11-29)20-9-4-6-17(2)14-20/h4-9,14-15,23H,3,10-13,16H2,1-2H3,(H2,27,28,32)/t23-/m0/s1. The first-order valence-electron chi connectivity index (χ1n) is 11.2. The van der Waals surface area contributed by atoms with Gasteiger partial charge < -0.3 is 20.3 Å². The smallest absolute Gasteiger partial charge is 0.338 e. The molecule has 2 aliphatic rings. The van der Waals surface area contributed by atoms with Gasteiger partial charge in [-0.15, -0.1) is 0 Å². The fourth-order valence-corrected chi connectivity index (χ4v) is 4.54. The van der Waals surface area contributed by atoms with E-state index in [9.17, 15) is 9.59 Å². The SMILES string of the molecule is CCOC(=O)C1=C(CN2CCN(c3cccc(C)c3)CC2)NC(=O)N[C@H]1c1cccc(Cl)c1. The average Bonchev–Trinajstić information content (AvgIpc) is 2.79. The zero-order valence-corrected chi connectivity index (χ0v) is 19.7. The number of hydrogen-bond acceptors (Lipinski definition) is 5. The number of benzene rings is 2. The van der Waals surface area contributed by atoms with Gasteiger partial charge in [-0.3, -0.25) is 4.90 Å². The van der Waals surface area contributed by atoms with Crippen molar-refractivity contribution in [3.8, 4) is 0 Å². The number of piperazine rings is 1. The second kappa shape index (κ2) is 10.3. The molecular weight excluding hydrogens is 440 g/mol. The third-order valence-corrected chi connectivity index (χ3v) is 6.19. The highest BCUT2D eigenvalue weighted by Crippen LogP contribution is 2.30. The summed E-state index contributed by atoms with van der Waals surface area (Å²) < 4.78 is 5.36. The van der Waals surface area contributed by atoms with Crippen molar-refractivity contribution in [2.24, 2.45) is 0 Å². The fraction of sp³-hybridized carbons (Fsp3) is 0.360. The lowest BCUT2D eigenvalue weighted by Crippen LogP contribution is -2.51. The molecule has 0 bridgehead atoms. The van der Waals surface area contributed by atoms with Crippen molar-refractivity contribution in [1.82, 2.24) is 15.5 Å². The molecule has 0 unspecified atom stereocenters. The average molecular weight is 469 g/mol. The molecule has 0 saturated carbocycles. The van der Waals surface area contributed by atoms with E-state index in [0.717, 1.165) is 31.7 Å². The summed E-state index contributed by atoms with van der Waals surface area (Å²) in [5.74, 6) is -0.441. The number of carbonyl (C=O) groups excluding carboxylic acids is 2. The highest BCUT2D eigenvalue weighted by Gasteiger charge is 2.34. The van der Waals surface area contributed by atoms with Gasteiger partial charge in [0.25, 0.3) is 0 Å². The maximum absolute atomic E-state index is 13.0. The number of carbonyl (C=O) groups is 2. The topological polar surface area (TPSA) is 73.9 Å².